The molecule has 0 aromatic heterocycles. The Balaban J connectivity index is 2.15. The van der Waals surface area contributed by atoms with E-state index in [1.165, 1.54) is 0 Å². The monoisotopic (exact) mass is 270 g/mol. The van der Waals surface area contributed by atoms with Crippen LogP contribution in [0.15, 0.2) is 36.4 Å². The van der Waals surface area contributed by atoms with Crippen molar-refractivity contribution in [1.82, 2.24) is 0 Å². The molecule has 0 aliphatic heterocycles. The number of aromatic hydroxyl groups is 1. The number of aldehydes is 1. The van der Waals surface area contributed by atoms with Crippen LogP contribution in [-0.4, -0.2) is 11.4 Å². The average molecular weight is 270 g/mol. The molecule has 104 valence electrons. The highest BCUT2D eigenvalue weighted by Crippen LogP contribution is 2.28. The van der Waals surface area contributed by atoms with Gasteiger partial charge in [-0.05, 0) is 55.2 Å². The minimum absolute atomic E-state index is 0.224. The SMILES string of the molecule is Cc1ccc(Oc2ccc(CCC=O)c(C)c2)cc1O. The highest BCUT2D eigenvalue weighted by molar-refractivity contribution is 5.50. The normalized spacial score (nSPS) is 10.3. The van der Waals surface area contributed by atoms with Gasteiger partial charge in [-0.25, -0.2) is 0 Å². The van der Waals surface area contributed by atoms with Crippen molar-refractivity contribution in [1.29, 1.82) is 0 Å². The van der Waals surface area contributed by atoms with Crippen molar-refractivity contribution in [2.45, 2.75) is 26.7 Å². The third-order valence-corrected chi connectivity index (χ3v) is 3.26. The number of phenols is 1. The van der Waals surface area contributed by atoms with Gasteiger partial charge in [0.15, 0.2) is 0 Å². The van der Waals surface area contributed by atoms with Gasteiger partial charge in [-0.3, -0.25) is 0 Å². The molecule has 0 fully saturated rings. The van der Waals surface area contributed by atoms with Gasteiger partial charge in [0.25, 0.3) is 0 Å². The Labute approximate surface area is 118 Å². The van der Waals surface area contributed by atoms with Gasteiger partial charge in [0.1, 0.15) is 23.5 Å². The standard InChI is InChI=1S/C17H18O3/c1-12-5-7-16(11-17(12)19)20-15-8-6-14(4-3-9-18)13(2)10-15/h5-11,19H,3-4H2,1-2H3. The molecule has 0 spiro atoms. The van der Waals surface area contributed by atoms with Gasteiger partial charge >= 0.3 is 0 Å². The van der Waals surface area contributed by atoms with Gasteiger partial charge in [-0.2, -0.15) is 0 Å². The van der Waals surface area contributed by atoms with E-state index in [9.17, 15) is 9.90 Å². The first-order chi connectivity index (χ1) is 9.60. The van der Waals surface area contributed by atoms with E-state index in [0.717, 1.165) is 35.1 Å². The molecule has 2 aromatic rings. The second kappa shape index (κ2) is 6.24. The number of hydrogen-bond acceptors (Lipinski definition) is 3. The Hall–Kier alpha value is -2.29. The molecule has 0 radical (unpaired) electrons. The molecular weight excluding hydrogens is 252 g/mol. The lowest BCUT2D eigenvalue weighted by Crippen LogP contribution is -1.92. The van der Waals surface area contributed by atoms with Crippen LogP contribution < -0.4 is 4.74 Å². The van der Waals surface area contributed by atoms with Gasteiger partial charge in [-0.1, -0.05) is 12.1 Å². The summed E-state index contributed by atoms with van der Waals surface area (Å²) >= 11 is 0. The molecule has 0 saturated heterocycles. The molecule has 0 atom stereocenters. The van der Waals surface area contributed by atoms with Crippen molar-refractivity contribution < 1.29 is 14.6 Å². The fourth-order valence-electron chi connectivity index (χ4n) is 2.02. The molecule has 2 rings (SSSR count). The van der Waals surface area contributed by atoms with Crippen molar-refractivity contribution in [2.75, 3.05) is 0 Å². The van der Waals surface area contributed by atoms with Crippen LogP contribution in [0.3, 0.4) is 0 Å². The van der Waals surface area contributed by atoms with Crippen molar-refractivity contribution in [3.8, 4) is 17.2 Å². The zero-order valence-corrected chi connectivity index (χ0v) is 11.7. The summed E-state index contributed by atoms with van der Waals surface area (Å²) in [5.41, 5.74) is 3.06. The topological polar surface area (TPSA) is 46.5 Å². The molecule has 1 N–H and O–H groups in total. The Morgan fingerprint density at radius 2 is 1.75 bits per heavy atom. The molecule has 0 aliphatic rings. The first kappa shape index (κ1) is 14.1. The number of ether oxygens (including phenoxy) is 1. The summed E-state index contributed by atoms with van der Waals surface area (Å²) in [5.74, 6) is 1.55. The highest BCUT2D eigenvalue weighted by Gasteiger charge is 2.04. The lowest BCUT2D eigenvalue weighted by Gasteiger charge is -2.10. The molecule has 0 heterocycles. The van der Waals surface area contributed by atoms with Crippen LogP contribution in [-0.2, 0) is 11.2 Å². The highest BCUT2D eigenvalue weighted by atomic mass is 16.5. The van der Waals surface area contributed by atoms with Gasteiger partial charge in [0.2, 0.25) is 0 Å². The summed E-state index contributed by atoms with van der Waals surface area (Å²) in [5, 5.41) is 9.66. The Bertz CT molecular complexity index is 618. The molecule has 0 unspecified atom stereocenters. The zero-order valence-electron chi connectivity index (χ0n) is 11.7. The number of carbonyl (C=O) groups is 1. The zero-order chi connectivity index (χ0) is 14.5. The quantitative estimate of drug-likeness (QED) is 0.837. The Morgan fingerprint density at radius 3 is 2.40 bits per heavy atom. The van der Waals surface area contributed by atoms with E-state index in [4.69, 9.17) is 4.74 Å². The third kappa shape index (κ3) is 3.38. The average Bonchev–Trinajstić information content (AvgIpc) is 2.42. The largest absolute Gasteiger partial charge is 0.508 e. The number of aryl methyl sites for hydroxylation is 3. The van der Waals surface area contributed by atoms with Crippen LogP contribution in [0.1, 0.15) is 23.1 Å². The van der Waals surface area contributed by atoms with E-state index in [2.05, 4.69) is 0 Å². The van der Waals surface area contributed by atoms with E-state index in [1.807, 2.05) is 44.2 Å². The van der Waals surface area contributed by atoms with Crippen LogP contribution in [0, 0.1) is 13.8 Å². The minimum Gasteiger partial charge on any atom is -0.508 e. The molecule has 3 nitrogen and oxygen atoms in total. The molecule has 0 aliphatic carbocycles. The van der Waals surface area contributed by atoms with E-state index in [1.54, 1.807) is 6.07 Å². The molecule has 2 aromatic carbocycles. The third-order valence-electron chi connectivity index (χ3n) is 3.26. The van der Waals surface area contributed by atoms with E-state index < -0.39 is 0 Å². The number of hydrogen-bond donors (Lipinski definition) is 1. The summed E-state index contributed by atoms with van der Waals surface area (Å²) in [6, 6.07) is 11.0. The molecule has 0 amide bonds. The molecule has 3 heteroatoms. The maximum atomic E-state index is 10.4. The van der Waals surface area contributed by atoms with Crippen molar-refractivity contribution in [3.63, 3.8) is 0 Å². The maximum Gasteiger partial charge on any atom is 0.131 e. The maximum absolute atomic E-state index is 10.4. The lowest BCUT2D eigenvalue weighted by atomic mass is 10.0. The summed E-state index contributed by atoms with van der Waals surface area (Å²) in [6.45, 7) is 3.84. The molecule has 0 bridgehead atoms. The van der Waals surface area contributed by atoms with E-state index in [0.29, 0.717) is 12.2 Å². The molecular formula is C17H18O3. The first-order valence-electron chi connectivity index (χ1n) is 6.61. The van der Waals surface area contributed by atoms with Gasteiger partial charge < -0.3 is 14.6 Å². The van der Waals surface area contributed by atoms with Crippen LogP contribution in [0.2, 0.25) is 0 Å². The van der Waals surface area contributed by atoms with Crippen LogP contribution >= 0.6 is 0 Å². The van der Waals surface area contributed by atoms with Crippen LogP contribution in [0.25, 0.3) is 0 Å². The Morgan fingerprint density at radius 1 is 1.05 bits per heavy atom. The fourth-order valence-corrected chi connectivity index (χ4v) is 2.02. The first-order valence-corrected chi connectivity index (χ1v) is 6.61. The molecule has 20 heavy (non-hydrogen) atoms. The molecule has 0 saturated carbocycles. The number of phenolic OH excluding ortho intramolecular Hbond substituents is 1. The second-order valence-corrected chi connectivity index (χ2v) is 4.84. The summed E-state index contributed by atoms with van der Waals surface area (Å²) in [6.07, 6.45) is 2.22. The van der Waals surface area contributed by atoms with Crippen molar-refractivity contribution in [3.05, 3.63) is 53.1 Å². The summed E-state index contributed by atoms with van der Waals surface area (Å²) in [4.78, 5) is 10.4. The predicted octanol–water partition coefficient (Wildman–Crippen LogP) is 3.93. The fraction of sp³-hybridized carbons (Fsp3) is 0.235. The summed E-state index contributed by atoms with van der Waals surface area (Å²) in [7, 11) is 0. The van der Waals surface area contributed by atoms with Gasteiger partial charge in [-0.15, -0.1) is 0 Å². The second-order valence-electron chi connectivity index (χ2n) is 4.84. The number of benzene rings is 2. The van der Waals surface area contributed by atoms with Gasteiger partial charge in [0, 0.05) is 12.5 Å². The minimum atomic E-state index is 0.224. The van der Waals surface area contributed by atoms with Crippen molar-refractivity contribution >= 4 is 6.29 Å². The summed E-state index contributed by atoms with van der Waals surface area (Å²) < 4.78 is 5.72. The number of rotatable bonds is 5. The lowest BCUT2D eigenvalue weighted by molar-refractivity contribution is -0.107. The smallest absolute Gasteiger partial charge is 0.131 e. The van der Waals surface area contributed by atoms with Crippen LogP contribution in [0.4, 0.5) is 0 Å². The van der Waals surface area contributed by atoms with Crippen LogP contribution in [0.5, 0.6) is 17.2 Å². The predicted molar refractivity (Wildman–Crippen MR) is 78.5 cm³/mol. The van der Waals surface area contributed by atoms with E-state index >= 15 is 0 Å². The van der Waals surface area contributed by atoms with Crippen molar-refractivity contribution in [2.24, 2.45) is 0 Å². The van der Waals surface area contributed by atoms with E-state index in [-0.39, 0.29) is 5.75 Å². The number of carbonyl (C=O) groups excluding carboxylic acids is 1. The van der Waals surface area contributed by atoms with Gasteiger partial charge in [0.05, 0.1) is 0 Å². The Kier molecular flexibility index (Phi) is 4.41.